The number of fused-ring (bicyclic) bond motifs is 1. The second-order valence-corrected chi connectivity index (χ2v) is 4.61. The largest absolute Gasteiger partial charge is 0.269 e. The van der Waals surface area contributed by atoms with Gasteiger partial charge in [0.15, 0.2) is 0 Å². The van der Waals surface area contributed by atoms with Crippen LogP contribution in [0.15, 0.2) is 23.8 Å². The van der Waals surface area contributed by atoms with Crippen LogP contribution in [0.25, 0.3) is 0 Å². The molecule has 1 N–H and O–H groups in total. The Kier molecular flexibility index (Phi) is 1.38. The molecule has 0 saturated carbocycles. The van der Waals surface area contributed by atoms with Crippen molar-refractivity contribution in [3.05, 3.63) is 23.8 Å². The number of rotatable bonds is 0. The summed E-state index contributed by atoms with van der Waals surface area (Å²) >= 11 is 0. The van der Waals surface area contributed by atoms with Crippen molar-refractivity contribution in [2.24, 2.45) is 0 Å². The summed E-state index contributed by atoms with van der Waals surface area (Å²) in [5.41, 5.74) is 0.359. The Bertz CT molecular complexity index is 391. The minimum Gasteiger partial charge on any atom is -0.269 e. The van der Waals surface area contributed by atoms with Crippen LogP contribution in [0.4, 0.5) is 0 Å². The zero-order valence-corrected chi connectivity index (χ0v) is 6.97. The highest BCUT2D eigenvalue weighted by Gasteiger charge is 2.41. The number of amides is 1. The minimum atomic E-state index is -3.42. The Labute approximate surface area is 70.0 Å². The molecule has 12 heavy (non-hydrogen) atoms. The van der Waals surface area contributed by atoms with Crippen LogP contribution < -0.4 is 4.72 Å². The minimum absolute atomic E-state index is 0.359. The third-order valence-electron chi connectivity index (χ3n) is 1.98. The molecule has 64 valence electrons. The molecule has 1 amide bonds. The number of hydrogen-bond donors (Lipinski definition) is 1. The highest BCUT2D eigenvalue weighted by molar-refractivity contribution is 7.91. The van der Waals surface area contributed by atoms with Crippen LogP contribution in [0.3, 0.4) is 0 Å². The molecule has 0 aromatic rings. The van der Waals surface area contributed by atoms with Gasteiger partial charge < -0.3 is 0 Å². The van der Waals surface area contributed by atoms with E-state index in [2.05, 4.69) is 0 Å². The van der Waals surface area contributed by atoms with Crippen molar-refractivity contribution in [2.45, 2.75) is 11.7 Å². The Morgan fingerprint density at radius 1 is 1.50 bits per heavy atom. The van der Waals surface area contributed by atoms with E-state index in [1.807, 2.05) is 4.72 Å². The number of carbonyl (C=O) groups is 1. The van der Waals surface area contributed by atoms with Crippen LogP contribution >= 0.6 is 0 Å². The van der Waals surface area contributed by atoms with Crippen LogP contribution in [0.5, 0.6) is 0 Å². The van der Waals surface area contributed by atoms with E-state index in [1.54, 1.807) is 18.2 Å². The van der Waals surface area contributed by atoms with E-state index in [-0.39, 0.29) is 0 Å². The van der Waals surface area contributed by atoms with E-state index < -0.39 is 21.2 Å². The van der Waals surface area contributed by atoms with Crippen LogP contribution in [-0.2, 0) is 14.8 Å². The summed E-state index contributed by atoms with van der Waals surface area (Å²) in [7, 11) is -3.42. The van der Waals surface area contributed by atoms with Gasteiger partial charge in [0.05, 0.1) is 0 Å². The van der Waals surface area contributed by atoms with Crippen molar-refractivity contribution in [3.8, 4) is 0 Å². The summed E-state index contributed by atoms with van der Waals surface area (Å²) in [6.45, 7) is 0. The molecule has 0 bridgehead atoms. The standard InChI is InChI=1S/C7H7NO3S/c9-7-5-3-1-2-4-6(5)12(10,11)8-7/h1-3,6H,4H2,(H,8,9). The van der Waals surface area contributed by atoms with Crippen LogP contribution in [0.1, 0.15) is 6.42 Å². The first-order valence-corrected chi connectivity index (χ1v) is 5.08. The molecule has 0 spiro atoms. The van der Waals surface area contributed by atoms with E-state index in [4.69, 9.17) is 0 Å². The van der Waals surface area contributed by atoms with Crippen molar-refractivity contribution in [2.75, 3.05) is 0 Å². The fraction of sp³-hybridized carbons (Fsp3) is 0.286. The van der Waals surface area contributed by atoms with Gasteiger partial charge in [-0.05, 0) is 6.42 Å². The van der Waals surface area contributed by atoms with Gasteiger partial charge in [-0.15, -0.1) is 0 Å². The van der Waals surface area contributed by atoms with Crippen LogP contribution in [-0.4, -0.2) is 19.6 Å². The Morgan fingerprint density at radius 3 is 2.92 bits per heavy atom. The number of allylic oxidation sites excluding steroid dienone is 3. The molecular weight excluding hydrogens is 178 g/mol. The van der Waals surface area contributed by atoms with Crippen molar-refractivity contribution < 1.29 is 13.2 Å². The topological polar surface area (TPSA) is 63.2 Å². The number of sulfonamides is 1. The third kappa shape index (κ3) is 0.896. The summed E-state index contributed by atoms with van der Waals surface area (Å²) < 4.78 is 24.4. The first-order chi connectivity index (χ1) is 5.61. The Morgan fingerprint density at radius 2 is 2.25 bits per heavy atom. The van der Waals surface area contributed by atoms with Crippen molar-refractivity contribution in [1.82, 2.24) is 4.72 Å². The maximum atomic E-state index is 11.2. The average molecular weight is 185 g/mol. The molecule has 1 heterocycles. The van der Waals surface area contributed by atoms with Crippen molar-refractivity contribution >= 4 is 15.9 Å². The smallest absolute Gasteiger partial charge is 0.262 e. The van der Waals surface area contributed by atoms with Gasteiger partial charge in [-0.1, -0.05) is 18.2 Å². The molecule has 1 aliphatic carbocycles. The lowest BCUT2D eigenvalue weighted by Crippen LogP contribution is -2.24. The summed E-state index contributed by atoms with van der Waals surface area (Å²) in [5, 5.41) is -0.657. The number of nitrogens with one attached hydrogen (secondary N) is 1. The predicted octanol–water partition coefficient (Wildman–Crippen LogP) is -0.299. The van der Waals surface area contributed by atoms with Gasteiger partial charge >= 0.3 is 0 Å². The third-order valence-corrected chi connectivity index (χ3v) is 3.65. The summed E-state index contributed by atoms with van der Waals surface area (Å²) in [6, 6.07) is 0. The maximum absolute atomic E-state index is 11.2. The molecule has 5 heteroatoms. The molecule has 1 atom stereocenters. The van der Waals surface area contributed by atoms with Gasteiger partial charge in [-0.2, -0.15) is 0 Å². The van der Waals surface area contributed by atoms with E-state index in [0.29, 0.717) is 12.0 Å². The second-order valence-electron chi connectivity index (χ2n) is 2.75. The van der Waals surface area contributed by atoms with Crippen LogP contribution in [0.2, 0.25) is 0 Å². The maximum Gasteiger partial charge on any atom is 0.262 e. The van der Waals surface area contributed by atoms with Crippen LogP contribution in [0, 0.1) is 0 Å². The summed E-state index contributed by atoms with van der Waals surface area (Å²) in [4.78, 5) is 11.0. The van der Waals surface area contributed by atoms with Crippen molar-refractivity contribution in [3.63, 3.8) is 0 Å². The van der Waals surface area contributed by atoms with Gasteiger partial charge in [0.25, 0.3) is 5.91 Å². The quantitative estimate of drug-likeness (QED) is 0.563. The lowest BCUT2D eigenvalue weighted by atomic mass is 10.0. The van der Waals surface area contributed by atoms with Gasteiger partial charge in [-0.3, -0.25) is 4.79 Å². The zero-order valence-electron chi connectivity index (χ0n) is 6.15. The average Bonchev–Trinajstić information content (AvgIpc) is 2.25. The fourth-order valence-electron chi connectivity index (χ4n) is 1.38. The predicted molar refractivity (Wildman–Crippen MR) is 42.7 cm³/mol. The molecule has 1 fully saturated rings. The van der Waals surface area contributed by atoms with E-state index in [0.717, 1.165) is 0 Å². The van der Waals surface area contributed by atoms with Crippen molar-refractivity contribution in [1.29, 1.82) is 0 Å². The molecule has 0 radical (unpaired) electrons. The van der Waals surface area contributed by atoms with Gasteiger partial charge in [-0.25, -0.2) is 13.1 Å². The first-order valence-electron chi connectivity index (χ1n) is 3.54. The molecular formula is C7H7NO3S. The number of carbonyl (C=O) groups excluding carboxylic acids is 1. The molecule has 0 aromatic heterocycles. The second kappa shape index (κ2) is 2.20. The van der Waals surface area contributed by atoms with E-state index in [1.165, 1.54) is 0 Å². The lowest BCUT2D eigenvalue weighted by molar-refractivity contribution is -0.115. The van der Waals surface area contributed by atoms with E-state index >= 15 is 0 Å². The SMILES string of the molecule is O=C1NS(=O)(=O)C2CC=CC=C12. The Hall–Kier alpha value is -1.10. The van der Waals surface area contributed by atoms with Gasteiger partial charge in [0.1, 0.15) is 5.25 Å². The monoisotopic (exact) mass is 185 g/mol. The molecule has 0 aromatic carbocycles. The molecule has 2 aliphatic rings. The molecule has 2 rings (SSSR count). The summed E-state index contributed by atoms with van der Waals surface area (Å²) in [5.74, 6) is -0.482. The van der Waals surface area contributed by atoms with Gasteiger partial charge in [0.2, 0.25) is 10.0 Å². The molecule has 1 aliphatic heterocycles. The molecule has 1 unspecified atom stereocenters. The molecule has 4 nitrogen and oxygen atoms in total. The van der Waals surface area contributed by atoms with Gasteiger partial charge in [0, 0.05) is 5.57 Å². The number of hydrogen-bond acceptors (Lipinski definition) is 3. The highest BCUT2D eigenvalue weighted by Crippen LogP contribution is 2.25. The normalized spacial score (nSPS) is 30.8. The van der Waals surface area contributed by atoms with E-state index in [9.17, 15) is 13.2 Å². The lowest BCUT2D eigenvalue weighted by Gasteiger charge is -2.07. The Balaban J connectivity index is 2.55. The fourth-order valence-corrected chi connectivity index (χ4v) is 2.79. The first kappa shape index (κ1) is 7.54. The summed E-state index contributed by atoms with van der Waals surface area (Å²) in [6.07, 6.45) is 5.39. The molecule has 1 saturated heterocycles. The zero-order chi connectivity index (χ0) is 8.77. The highest BCUT2D eigenvalue weighted by atomic mass is 32.2.